The Morgan fingerprint density at radius 1 is 0.947 bits per heavy atom. The van der Waals surface area contributed by atoms with Crippen molar-refractivity contribution in [2.45, 2.75) is 58.5 Å². The molecule has 0 amide bonds. The van der Waals surface area contributed by atoms with Gasteiger partial charge in [0.2, 0.25) is 0 Å². The monoisotopic (exact) mass is 384 g/mol. The maximum Gasteiger partial charge on any atom is 2.00 e. The maximum atomic E-state index is 4.01. The molecule has 0 N–H and O–H groups in total. The van der Waals surface area contributed by atoms with Gasteiger partial charge in [-0.15, -0.1) is 0 Å². The van der Waals surface area contributed by atoms with Gasteiger partial charge in [-0.25, -0.2) is 0 Å². The summed E-state index contributed by atoms with van der Waals surface area (Å²) in [5, 5.41) is 0. The molecule has 3 heteroatoms. The molecule has 0 saturated carbocycles. The quantitative estimate of drug-likeness (QED) is 0.453. The van der Waals surface area contributed by atoms with Crippen molar-refractivity contribution in [1.29, 1.82) is 0 Å². The Hall–Kier alpha value is 0.316. The van der Waals surface area contributed by atoms with E-state index in [2.05, 4.69) is 66.1 Å². The third-order valence-corrected chi connectivity index (χ3v) is 1.44. The average molecular weight is 385 g/mol. The Labute approximate surface area is 139 Å². The zero-order valence-corrected chi connectivity index (χ0v) is 17.4. The van der Waals surface area contributed by atoms with E-state index in [1.54, 1.807) is 0 Å². The van der Waals surface area contributed by atoms with E-state index in [9.17, 15) is 0 Å². The van der Waals surface area contributed by atoms with Gasteiger partial charge < -0.3 is 6.92 Å². The molecule has 0 atom stereocenters. The first-order valence-corrected chi connectivity index (χ1v) is 12.4. The fourth-order valence-corrected chi connectivity index (χ4v) is 0.814. The summed E-state index contributed by atoms with van der Waals surface area (Å²) in [7, 11) is 0.241. The number of hydrogen-bond donors (Lipinski definition) is 0. The minimum absolute atomic E-state index is 0. The first-order valence-electron chi connectivity index (χ1n) is 6.43. The summed E-state index contributed by atoms with van der Waals surface area (Å²) < 4.78 is 0. The predicted octanol–water partition coefficient (Wildman–Crippen LogP) is 5.34. The van der Waals surface area contributed by atoms with Crippen molar-refractivity contribution in [3.05, 3.63) is 42.8 Å². The molecule has 19 heavy (non-hydrogen) atoms. The van der Waals surface area contributed by atoms with Crippen LogP contribution < -0.4 is 0 Å². The number of benzene rings is 1. The van der Waals surface area contributed by atoms with Crippen LogP contribution in [-0.4, -0.2) is 17.6 Å². The van der Waals surface area contributed by atoms with Crippen LogP contribution >= 0.6 is 0 Å². The van der Waals surface area contributed by atoms with E-state index in [1.165, 1.54) is 0 Å². The van der Waals surface area contributed by atoms with Gasteiger partial charge in [0, 0.05) is 17.6 Å². The molecule has 0 fully saturated rings. The Bertz CT molecular complexity index is 265. The molecule has 0 unspecified atom stereocenters. The fourth-order valence-electron chi connectivity index (χ4n) is 0.814. The van der Waals surface area contributed by atoms with E-state index in [-0.39, 0.29) is 43.4 Å². The SMILES string of the molecule is C[Si](C)C.C[Si](C)C.[CH2-]C(C)(C)c1[c-]cccc1.[Pd+2]. The molecular formula is C16H30PdSi2. The summed E-state index contributed by atoms with van der Waals surface area (Å²) in [6.45, 7) is 21.8. The number of hydrogen-bond acceptors (Lipinski definition) is 0. The zero-order valence-electron chi connectivity index (χ0n) is 13.8. The second kappa shape index (κ2) is 13.3. The molecular weight excluding hydrogens is 355 g/mol. The smallest absolute Gasteiger partial charge is 0.335 e. The van der Waals surface area contributed by atoms with Crippen LogP contribution in [0.2, 0.25) is 39.3 Å². The first-order chi connectivity index (χ1) is 8.07. The zero-order chi connectivity index (χ0) is 14.8. The van der Waals surface area contributed by atoms with Crippen LogP contribution in [0.3, 0.4) is 0 Å². The fraction of sp³-hybridized carbons (Fsp3) is 0.562. The van der Waals surface area contributed by atoms with Crippen molar-refractivity contribution in [3.8, 4) is 0 Å². The third-order valence-electron chi connectivity index (χ3n) is 1.44. The second-order valence-electron chi connectivity index (χ2n) is 6.16. The van der Waals surface area contributed by atoms with E-state index in [1.807, 2.05) is 24.3 Å². The summed E-state index contributed by atoms with van der Waals surface area (Å²) >= 11 is 0. The van der Waals surface area contributed by atoms with Gasteiger partial charge in [0.15, 0.2) is 0 Å². The molecule has 0 spiro atoms. The average Bonchev–Trinajstić information content (AvgIpc) is 2.16. The molecule has 0 aliphatic heterocycles. The van der Waals surface area contributed by atoms with Crippen molar-refractivity contribution < 1.29 is 20.4 Å². The molecule has 0 aromatic heterocycles. The van der Waals surface area contributed by atoms with Crippen molar-refractivity contribution in [2.75, 3.05) is 0 Å². The van der Waals surface area contributed by atoms with Crippen molar-refractivity contribution in [3.63, 3.8) is 0 Å². The Balaban J connectivity index is -0.000000242. The van der Waals surface area contributed by atoms with E-state index < -0.39 is 0 Å². The topological polar surface area (TPSA) is 0 Å². The van der Waals surface area contributed by atoms with Crippen LogP contribution in [0.4, 0.5) is 0 Å². The molecule has 0 heterocycles. The van der Waals surface area contributed by atoms with Gasteiger partial charge >= 0.3 is 20.4 Å². The van der Waals surface area contributed by atoms with E-state index in [0.29, 0.717) is 0 Å². The molecule has 112 valence electrons. The summed E-state index contributed by atoms with van der Waals surface area (Å²) in [4.78, 5) is 0. The molecule has 0 aliphatic carbocycles. The molecule has 0 saturated heterocycles. The largest absolute Gasteiger partial charge is 2.00 e. The number of rotatable bonds is 1. The van der Waals surface area contributed by atoms with Gasteiger partial charge in [-0.05, 0) is 0 Å². The Kier molecular flexibility index (Phi) is 17.0. The van der Waals surface area contributed by atoms with Crippen LogP contribution in [0.5, 0.6) is 0 Å². The van der Waals surface area contributed by atoms with Crippen LogP contribution in [0.1, 0.15) is 19.4 Å². The van der Waals surface area contributed by atoms with Gasteiger partial charge in [0.05, 0.1) is 0 Å². The van der Waals surface area contributed by atoms with Gasteiger partial charge in [-0.3, -0.25) is 0 Å². The Morgan fingerprint density at radius 2 is 1.32 bits per heavy atom. The second-order valence-corrected chi connectivity index (χ2v) is 12.2. The Morgan fingerprint density at radius 3 is 1.47 bits per heavy atom. The summed E-state index contributed by atoms with van der Waals surface area (Å²) in [6, 6.07) is 11.1. The van der Waals surface area contributed by atoms with E-state index in [4.69, 9.17) is 0 Å². The molecule has 1 aromatic rings. The van der Waals surface area contributed by atoms with Gasteiger partial charge in [-0.2, -0.15) is 41.3 Å². The minimum Gasteiger partial charge on any atom is -0.335 e. The third kappa shape index (κ3) is 23.8. The van der Waals surface area contributed by atoms with Gasteiger partial charge in [0.25, 0.3) is 0 Å². The molecule has 1 rings (SSSR count). The van der Waals surface area contributed by atoms with E-state index >= 15 is 0 Å². The van der Waals surface area contributed by atoms with Crippen LogP contribution in [-0.2, 0) is 25.8 Å². The molecule has 0 bridgehead atoms. The van der Waals surface area contributed by atoms with Crippen molar-refractivity contribution >= 4 is 17.6 Å². The molecule has 1 aromatic carbocycles. The van der Waals surface area contributed by atoms with Crippen molar-refractivity contribution in [2.24, 2.45) is 0 Å². The van der Waals surface area contributed by atoms with Crippen LogP contribution in [0, 0.1) is 13.0 Å². The van der Waals surface area contributed by atoms with E-state index in [0.717, 1.165) is 5.56 Å². The molecule has 0 aliphatic rings. The minimum atomic E-state index is -0.0126. The van der Waals surface area contributed by atoms with Crippen LogP contribution in [0.15, 0.2) is 24.3 Å². The summed E-state index contributed by atoms with van der Waals surface area (Å²) in [5.41, 5.74) is 1.15. The van der Waals surface area contributed by atoms with Gasteiger partial charge in [-0.1, -0.05) is 53.1 Å². The van der Waals surface area contributed by atoms with Gasteiger partial charge in [0.1, 0.15) is 0 Å². The molecule has 0 nitrogen and oxygen atoms in total. The first kappa shape index (κ1) is 24.3. The molecule has 2 radical (unpaired) electrons. The standard InChI is InChI=1S/C10H12.2C3H9Si.Pd/c1-10(2,3)9-7-5-4-6-8-9;2*1-4(2)3;/h4-7H,1H2,2-3H3;2*1-3H3;/q-2;;;+2. The predicted molar refractivity (Wildman–Crippen MR) is 90.4 cm³/mol. The normalized spacial score (nSPS) is 9.84. The summed E-state index contributed by atoms with van der Waals surface area (Å²) in [5.74, 6) is 0. The van der Waals surface area contributed by atoms with Crippen molar-refractivity contribution in [1.82, 2.24) is 0 Å². The maximum absolute atomic E-state index is 4.01. The summed E-state index contributed by atoms with van der Waals surface area (Å²) in [6.07, 6.45) is 0. The van der Waals surface area contributed by atoms with Crippen LogP contribution in [0.25, 0.3) is 0 Å².